The van der Waals surface area contributed by atoms with Gasteiger partial charge in [-0.3, -0.25) is 24.5 Å². The number of nitro groups is 1. The number of carbonyl (C=O) groups excluding carboxylic acids is 2. The molecule has 1 atom stereocenters. The van der Waals surface area contributed by atoms with Crippen molar-refractivity contribution in [2.45, 2.75) is 25.4 Å². The highest BCUT2D eigenvalue weighted by molar-refractivity contribution is 6.07. The average Bonchev–Trinajstić information content (AvgIpc) is 2.88. The molecular weight excluding hydrogens is 464 g/mol. The van der Waals surface area contributed by atoms with Gasteiger partial charge in [0.25, 0.3) is 17.5 Å². The maximum atomic E-state index is 13.0. The number of non-ortho nitro benzene ring substituents is 1. The molecule has 3 aromatic carbocycles. The second-order valence-electron chi connectivity index (χ2n) is 8.42. The van der Waals surface area contributed by atoms with Gasteiger partial charge >= 0.3 is 5.97 Å². The normalized spacial score (nSPS) is 13.2. The lowest BCUT2D eigenvalue weighted by Gasteiger charge is -2.18. The van der Waals surface area contributed by atoms with Gasteiger partial charge in [0.1, 0.15) is 0 Å². The number of hydrogen-bond acceptors (Lipinski definition) is 6. The smallest absolute Gasteiger partial charge is 0.305 e. The van der Waals surface area contributed by atoms with E-state index in [1.54, 1.807) is 36.4 Å². The first kappa shape index (κ1) is 24.6. The summed E-state index contributed by atoms with van der Waals surface area (Å²) in [4.78, 5) is 48.2. The molecular formula is C26H24N4O6. The predicted molar refractivity (Wildman–Crippen MR) is 132 cm³/mol. The van der Waals surface area contributed by atoms with E-state index in [0.29, 0.717) is 17.8 Å². The van der Waals surface area contributed by atoms with Crippen molar-refractivity contribution in [1.29, 1.82) is 0 Å². The molecule has 1 unspecified atom stereocenters. The topological polar surface area (TPSA) is 151 Å². The minimum Gasteiger partial charge on any atom is -0.481 e. The lowest BCUT2D eigenvalue weighted by atomic mass is 10.0. The molecule has 36 heavy (non-hydrogen) atoms. The Kier molecular flexibility index (Phi) is 7.36. The molecule has 0 saturated heterocycles. The summed E-state index contributed by atoms with van der Waals surface area (Å²) in [6, 6.07) is 16.6. The van der Waals surface area contributed by atoms with Crippen LogP contribution in [-0.2, 0) is 17.8 Å². The van der Waals surface area contributed by atoms with Gasteiger partial charge in [-0.05, 0) is 47.9 Å². The Morgan fingerprint density at radius 3 is 2.39 bits per heavy atom. The number of hydrogen-bond donors (Lipinski definition) is 4. The van der Waals surface area contributed by atoms with Crippen molar-refractivity contribution < 1.29 is 24.4 Å². The Hall–Kier alpha value is -4.57. The number of rotatable bonds is 8. The summed E-state index contributed by atoms with van der Waals surface area (Å²) < 4.78 is 0. The van der Waals surface area contributed by atoms with Crippen LogP contribution in [0.2, 0.25) is 0 Å². The van der Waals surface area contributed by atoms with Crippen LogP contribution in [0.5, 0.6) is 0 Å². The van der Waals surface area contributed by atoms with Crippen LogP contribution < -0.4 is 16.0 Å². The molecule has 4 rings (SSSR count). The van der Waals surface area contributed by atoms with E-state index < -0.39 is 34.4 Å². The standard InChI is InChI=1S/C26H24N4O6/c31-24(32)14-23(17-4-2-1-3-5-17)29-26(34)19-10-18(12-22(13-19)30(35)36)25(33)28-21-7-6-16-8-9-27-15-20(16)11-21/h1-7,10-13,23,27H,8-9,14-15H2,(H,28,33)(H,29,34)(H,31,32). The molecule has 3 aromatic rings. The molecule has 0 radical (unpaired) electrons. The Labute approximate surface area is 206 Å². The second-order valence-corrected chi connectivity index (χ2v) is 8.42. The molecule has 2 amide bonds. The zero-order valence-electron chi connectivity index (χ0n) is 19.2. The van der Waals surface area contributed by atoms with E-state index >= 15 is 0 Å². The largest absolute Gasteiger partial charge is 0.481 e. The summed E-state index contributed by atoms with van der Waals surface area (Å²) in [5.74, 6) is -2.46. The van der Waals surface area contributed by atoms with Crippen molar-refractivity contribution in [3.8, 4) is 0 Å². The van der Waals surface area contributed by atoms with Crippen LogP contribution in [0.1, 0.15) is 49.9 Å². The van der Waals surface area contributed by atoms with Gasteiger partial charge in [-0.25, -0.2) is 0 Å². The second kappa shape index (κ2) is 10.8. The first-order chi connectivity index (χ1) is 17.3. The number of carboxylic acids is 1. The highest BCUT2D eigenvalue weighted by Gasteiger charge is 2.22. The van der Waals surface area contributed by atoms with Crippen molar-refractivity contribution in [3.63, 3.8) is 0 Å². The number of anilines is 1. The summed E-state index contributed by atoms with van der Waals surface area (Å²) in [5.41, 5.74) is 2.72. The molecule has 10 heteroatoms. The SMILES string of the molecule is O=C(O)CC(NC(=O)c1cc(C(=O)Nc2ccc3c(c2)CNCC3)cc([N+](=O)[O-])c1)c1ccccc1. The molecule has 0 aliphatic carbocycles. The fraction of sp³-hybridized carbons (Fsp3) is 0.192. The van der Waals surface area contributed by atoms with Gasteiger partial charge < -0.3 is 21.1 Å². The third kappa shape index (κ3) is 5.91. The van der Waals surface area contributed by atoms with E-state index in [4.69, 9.17) is 0 Å². The highest BCUT2D eigenvalue weighted by Crippen LogP contribution is 2.23. The van der Waals surface area contributed by atoms with Crippen LogP contribution in [0.25, 0.3) is 0 Å². The number of nitro benzene ring substituents is 1. The molecule has 184 valence electrons. The van der Waals surface area contributed by atoms with Gasteiger partial charge in [0.2, 0.25) is 0 Å². The van der Waals surface area contributed by atoms with Gasteiger partial charge in [-0.1, -0.05) is 36.4 Å². The number of amides is 2. The van der Waals surface area contributed by atoms with Crippen molar-refractivity contribution in [2.24, 2.45) is 0 Å². The third-order valence-electron chi connectivity index (χ3n) is 5.89. The Balaban J connectivity index is 1.59. The molecule has 0 saturated carbocycles. The summed E-state index contributed by atoms with van der Waals surface area (Å²) in [6.07, 6.45) is 0.504. The van der Waals surface area contributed by atoms with Gasteiger partial charge in [0.05, 0.1) is 17.4 Å². The maximum absolute atomic E-state index is 13.0. The first-order valence-corrected chi connectivity index (χ1v) is 11.3. The number of fused-ring (bicyclic) bond motifs is 1. The van der Waals surface area contributed by atoms with Gasteiger partial charge in [-0.2, -0.15) is 0 Å². The van der Waals surface area contributed by atoms with Crippen molar-refractivity contribution in [1.82, 2.24) is 10.6 Å². The fourth-order valence-corrected chi connectivity index (χ4v) is 4.09. The fourth-order valence-electron chi connectivity index (χ4n) is 4.09. The van der Waals surface area contributed by atoms with Crippen molar-refractivity contribution in [2.75, 3.05) is 11.9 Å². The predicted octanol–water partition coefficient (Wildman–Crippen LogP) is 3.44. The van der Waals surface area contributed by atoms with E-state index in [9.17, 15) is 29.6 Å². The molecule has 0 bridgehead atoms. The molecule has 1 heterocycles. The van der Waals surface area contributed by atoms with Crippen LogP contribution in [0.4, 0.5) is 11.4 Å². The molecule has 0 aromatic heterocycles. The monoisotopic (exact) mass is 488 g/mol. The number of nitrogens with one attached hydrogen (secondary N) is 3. The van der Waals surface area contributed by atoms with Crippen molar-refractivity contribution in [3.05, 3.63) is 105 Å². The van der Waals surface area contributed by atoms with E-state index in [2.05, 4.69) is 16.0 Å². The number of carboxylic acid groups (broad SMARTS) is 1. The van der Waals surface area contributed by atoms with E-state index in [1.165, 1.54) is 11.6 Å². The number of carbonyl (C=O) groups is 3. The van der Waals surface area contributed by atoms with Gasteiger partial charge in [0.15, 0.2) is 0 Å². The Bertz CT molecular complexity index is 1330. The molecule has 10 nitrogen and oxygen atoms in total. The van der Waals surface area contributed by atoms with Crippen LogP contribution in [0.3, 0.4) is 0 Å². The van der Waals surface area contributed by atoms with E-state index in [-0.39, 0.29) is 17.5 Å². The molecule has 0 fully saturated rings. The average molecular weight is 489 g/mol. The minimum atomic E-state index is -1.12. The quantitative estimate of drug-likeness (QED) is 0.280. The van der Waals surface area contributed by atoms with Crippen LogP contribution in [0, 0.1) is 10.1 Å². The van der Waals surface area contributed by atoms with Gasteiger partial charge in [-0.15, -0.1) is 0 Å². The van der Waals surface area contributed by atoms with Crippen molar-refractivity contribution >= 4 is 29.2 Å². The van der Waals surface area contributed by atoms with Crippen LogP contribution >= 0.6 is 0 Å². The lowest BCUT2D eigenvalue weighted by molar-refractivity contribution is -0.384. The summed E-state index contributed by atoms with van der Waals surface area (Å²) in [6.45, 7) is 1.56. The minimum absolute atomic E-state index is 0.0697. The summed E-state index contributed by atoms with van der Waals surface area (Å²) in [5, 5.41) is 29.4. The van der Waals surface area contributed by atoms with E-state index in [0.717, 1.165) is 30.7 Å². The highest BCUT2D eigenvalue weighted by atomic mass is 16.6. The molecule has 0 spiro atoms. The molecule has 1 aliphatic heterocycles. The maximum Gasteiger partial charge on any atom is 0.305 e. The third-order valence-corrected chi connectivity index (χ3v) is 5.89. The molecule has 1 aliphatic rings. The van der Waals surface area contributed by atoms with E-state index in [1.807, 2.05) is 12.1 Å². The molecule has 4 N–H and O–H groups in total. The Morgan fingerprint density at radius 2 is 1.69 bits per heavy atom. The number of aliphatic carboxylic acids is 1. The lowest BCUT2D eigenvalue weighted by Crippen LogP contribution is -2.30. The zero-order chi connectivity index (χ0) is 25.7. The summed E-state index contributed by atoms with van der Waals surface area (Å²) in [7, 11) is 0. The number of benzene rings is 3. The number of nitrogens with zero attached hydrogens (tertiary/aromatic N) is 1. The summed E-state index contributed by atoms with van der Waals surface area (Å²) >= 11 is 0. The van der Waals surface area contributed by atoms with Crippen LogP contribution in [0.15, 0.2) is 66.7 Å². The first-order valence-electron chi connectivity index (χ1n) is 11.3. The zero-order valence-corrected chi connectivity index (χ0v) is 19.2. The van der Waals surface area contributed by atoms with Crippen LogP contribution in [-0.4, -0.2) is 34.4 Å². The van der Waals surface area contributed by atoms with Gasteiger partial charge in [0, 0.05) is 35.5 Å². The Morgan fingerprint density at radius 1 is 0.972 bits per heavy atom.